The molecule has 210 valence electrons. The molecular formula is C26H35N7O5S. The van der Waals surface area contributed by atoms with Gasteiger partial charge in [0.1, 0.15) is 5.69 Å². The molecule has 12 nitrogen and oxygen atoms in total. The molecule has 0 atom stereocenters. The molecule has 0 unspecified atom stereocenters. The van der Waals surface area contributed by atoms with Crippen LogP contribution in [0.1, 0.15) is 45.2 Å². The number of aliphatic hydroxyl groups excluding tert-OH is 2. The molecule has 0 amide bonds. The maximum atomic E-state index is 12.3. The van der Waals surface area contributed by atoms with E-state index in [2.05, 4.69) is 35.1 Å². The van der Waals surface area contributed by atoms with Crippen molar-refractivity contribution in [3.05, 3.63) is 30.0 Å². The van der Waals surface area contributed by atoms with E-state index in [9.17, 15) is 13.5 Å². The highest BCUT2D eigenvalue weighted by atomic mass is 32.2. The van der Waals surface area contributed by atoms with E-state index in [1.165, 1.54) is 12.8 Å². The van der Waals surface area contributed by atoms with Gasteiger partial charge in [-0.3, -0.25) is 4.72 Å². The lowest BCUT2D eigenvalue weighted by Gasteiger charge is -2.35. The molecule has 1 saturated heterocycles. The van der Waals surface area contributed by atoms with Crippen LogP contribution < -0.4 is 14.9 Å². The smallest absolute Gasteiger partial charge is 0.266 e. The van der Waals surface area contributed by atoms with Crippen molar-refractivity contribution in [3.8, 4) is 23.0 Å². The van der Waals surface area contributed by atoms with Gasteiger partial charge in [0.15, 0.2) is 0 Å². The van der Waals surface area contributed by atoms with Gasteiger partial charge >= 0.3 is 0 Å². The van der Waals surface area contributed by atoms with E-state index >= 15 is 0 Å². The van der Waals surface area contributed by atoms with Crippen molar-refractivity contribution < 1.29 is 23.0 Å². The Labute approximate surface area is 227 Å². The molecule has 3 aromatic rings. The Bertz CT molecular complexity index is 1440. The quantitative estimate of drug-likeness (QED) is 0.289. The van der Waals surface area contributed by atoms with Crippen LogP contribution in [0.2, 0.25) is 0 Å². The van der Waals surface area contributed by atoms with Crippen LogP contribution in [0.25, 0.3) is 23.0 Å². The third-order valence-electron chi connectivity index (χ3n) is 7.33. The van der Waals surface area contributed by atoms with E-state index in [1.807, 2.05) is 20.8 Å². The van der Waals surface area contributed by atoms with Crippen LogP contribution in [0.15, 0.2) is 28.7 Å². The zero-order valence-corrected chi connectivity index (χ0v) is 23.3. The molecule has 1 aliphatic carbocycles. The number of sulfonamides is 1. The molecule has 1 saturated carbocycles. The van der Waals surface area contributed by atoms with Gasteiger partial charge in [0.25, 0.3) is 5.89 Å². The van der Waals surface area contributed by atoms with Gasteiger partial charge in [-0.2, -0.15) is 0 Å². The van der Waals surface area contributed by atoms with Crippen LogP contribution in [0.4, 0.5) is 17.3 Å². The van der Waals surface area contributed by atoms with Crippen LogP contribution in [0, 0.1) is 12.3 Å². The minimum Gasteiger partial charge on any atom is -0.415 e. The van der Waals surface area contributed by atoms with Crippen molar-refractivity contribution in [2.75, 3.05) is 47.0 Å². The van der Waals surface area contributed by atoms with E-state index in [0.717, 1.165) is 31.6 Å². The highest BCUT2D eigenvalue weighted by Crippen LogP contribution is 2.54. The van der Waals surface area contributed by atoms with Crippen molar-refractivity contribution >= 4 is 27.3 Å². The summed E-state index contributed by atoms with van der Waals surface area (Å²) in [6, 6.07) is 6.95. The Kier molecular flexibility index (Phi) is 7.25. The Balaban J connectivity index is 1.47. The summed E-state index contributed by atoms with van der Waals surface area (Å²) < 4.78 is 33.2. The lowest BCUT2D eigenvalue weighted by atomic mass is 9.93. The van der Waals surface area contributed by atoms with Gasteiger partial charge < -0.3 is 24.8 Å². The zero-order chi connectivity index (χ0) is 27.8. The number of nitrogens with zero attached hydrogens (tertiary/aromatic N) is 5. The first kappa shape index (κ1) is 27.3. The molecule has 39 heavy (non-hydrogen) atoms. The van der Waals surface area contributed by atoms with Gasteiger partial charge in [0.05, 0.1) is 41.4 Å². The Morgan fingerprint density at radius 2 is 1.77 bits per heavy atom. The first-order valence-electron chi connectivity index (χ1n) is 13.1. The highest BCUT2D eigenvalue weighted by molar-refractivity contribution is 7.92. The first-order chi connectivity index (χ1) is 18.5. The summed E-state index contributed by atoms with van der Waals surface area (Å²) in [7, 11) is -3.68. The van der Waals surface area contributed by atoms with E-state index in [-0.39, 0.29) is 24.1 Å². The Morgan fingerprint density at radius 3 is 2.44 bits per heavy atom. The number of benzene rings is 1. The number of piperidine rings is 1. The molecule has 1 aliphatic heterocycles. The second kappa shape index (κ2) is 10.4. The number of aliphatic hydroxyl groups is 2. The van der Waals surface area contributed by atoms with Crippen LogP contribution in [-0.2, 0) is 10.0 Å². The maximum absolute atomic E-state index is 12.3. The van der Waals surface area contributed by atoms with E-state index in [4.69, 9.17) is 9.52 Å². The second-order valence-corrected chi connectivity index (χ2v) is 13.0. The summed E-state index contributed by atoms with van der Waals surface area (Å²) in [5.41, 5.74) is 2.89. The van der Waals surface area contributed by atoms with Crippen molar-refractivity contribution in [2.45, 2.75) is 52.0 Å². The monoisotopic (exact) mass is 557 g/mol. The van der Waals surface area contributed by atoms with E-state index in [0.29, 0.717) is 34.0 Å². The summed E-state index contributed by atoms with van der Waals surface area (Å²) in [5, 5.41) is 30.4. The standard InChI is InChI=1S/C26H35N7O5S/c1-17-14-20(28-24(27-17)29-25(2,3)16-35)23-31-30-22(38-23)19-5-4-18(32-39(36,37)13-12-34)15-21(19)33-10-8-26(6-7-26)9-11-33/h4-5,14-15,32,34-35H,6-13,16H2,1-3H3,(H,27,28,29). The minimum atomic E-state index is -3.68. The maximum Gasteiger partial charge on any atom is 0.266 e. The molecule has 3 heterocycles. The number of aromatic nitrogens is 4. The number of rotatable bonds is 10. The molecule has 0 bridgehead atoms. The lowest BCUT2D eigenvalue weighted by Crippen LogP contribution is -2.35. The Hall–Kier alpha value is -3.29. The van der Waals surface area contributed by atoms with Crippen LogP contribution in [0.5, 0.6) is 0 Å². The summed E-state index contributed by atoms with van der Waals surface area (Å²) in [4.78, 5) is 11.2. The minimum absolute atomic E-state index is 0.100. The van der Waals surface area contributed by atoms with Gasteiger partial charge in [-0.25, -0.2) is 18.4 Å². The van der Waals surface area contributed by atoms with Gasteiger partial charge in [0, 0.05) is 18.8 Å². The fourth-order valence-corrected chi connectivity index (χ4v) is 5.63. The predicted octanol–water partition coefficient (Wildman–Crippen LogP) is 2.80. The molecular weight excluding hydrogens is 522 g/mol. The summed E-state index contributed by atoms with van der Waals surface area (Å²) >= 11 is 0. The molecule has 0 radical (unpaired) electrons. The van der Waals surface area contributed by atoms with E-state index in [1.54, 1.807) is 24.3 Å². The number of hydrogen-bond donors (Lipinski definition) is 4. The summed E-state index contributed by atoms with van der Waals surface area (Å²) in [5.74, 6) is 0.465. The van der Waals surface area contributed by atoms with Crippen LogP contribution >= 0.6 is 0 Å². The topological polar surface area (TPSA) is 167 Å². The van der Waals surface area contributed by atoms with Crippen molar-refractivity contribution in [1.82, 2.24) is 20.2 Å². The fourth-order valence-electron chi connectivity index (χ4n) is 4.80. The SMILES string of the molecule is Cc1cc(-c2nnc(-c3ccc(NS(=O)(=O)CCO)cc3N3CCC4(CC3)CC4)o2)nc(NC(C)(C)CO)n1. The lowest BCUT2D eigenvalue weighted by molar-refractivity contribution is 0.233. The second-order valence-electron chi connectivity index (χ2n) is 11.2. The average molecular weight is 558 g/mol. The van der Waals surface area contributed by atoms with Gasteiger partial charge in [0.2, 0.25) is 21.9 Å². The molecule has 2 fully saturated rings. The van der Waals surface area contributed by atoms with Crippen LogP contribution in [0.3, 0.4) is 0 Å². The summed E-state index contributed by atoms with van der Waals surface area (Å²) in [6.07, 6.45) is 4.71. The van der Waals surface area contributed by atoms with Gasteiger partial charge in [-0.15, -0.1) is 10.2 Å². The molecule has 1 aromatic carbocycles. The van der Waals surface area contributed by atoms with Crippen LogP contribution in [-0.4, -0.2) is 76.4 Å². The van der Waals surface area contributed by atoms with Crippen molar-refractivity contribution in [1.29, 1.82) is 0 Å². The van der Waals surface area contributed by atoms with Crippen molar-refractivity contribution in [2.24, 2.45) is 5.41 Å². The molecule has 4 N–H and O–H groups in total. The fraction of sp³-hybridized carbons (Fsp3) is 0.538. The predicted molar refractivity (Wildman–Crippen MR) is 148 cm³/mol. The zero-order valence-electron chi connectivity index (χ0n) is 22.4. The number of hydrogen-bond acceptors (Lipinski definition) is 11. The normalized spacial score (nSPS) is 16.9. The average Bonchev–Trinajstić information content (AvgIpc) is 3.43. The molecule has 5 rings (SSSR count). The first-order valence-corrected chi connectivity index (χ1v) is 14.7. The number of anilines is 3. The third-order valence-corrected chi connectivity index (χ3v) is 8.59. The third kappa shape index (κ3) is 6.31. The molecule has 13 heteroatoms. The molecule has 1 spiro atoms. The van der Waals surface area contributed by atoms with Gasteiger partial charge in [-0.05, 0) is 76.1 Å². The number of nitrogens with one attached hydrogen (secondary N) is 2. The van der Waals surface area contributed by atoms with E-state index < -0.39 is 22.2 Å². The number of aryl methyl sites for hydroxylation is 1. The van der Waals surface area contributed by atoms with Gasteiger partial charge in [-0.1, -0.05) is 0 Å². The molecule has 2 aliphatic rings. The summed E-state index contributed by atoms with van der Waals surface area (Å²) in [6.45, 7) is 6.64. The largest absolute Gasteiger partial charge is 0.415 e. The molecule has 2 aromatic heterocycles. The highest BCUT2D eigenvalue weighted by Gasteiger charge is 2.44. The Morgan fingerprint density at radius 1 is 1.05 bits per heavy atom. The van der Waals surface area contributed by atoms with Crippen molar-refractivity contribution in [3.63, 3.8) is 0 Å².